The zero-order valence-electron chi connectivity index (χ0n) is 6.81. The minimum Gasteiger partial charge on any atom is -0.0961 e. The van der Waals surface area contributed by atoms with Crippen LogP contribution in [0.2, 0.25) is 0 Å². The first kappa shape index (κ1) is 8.81. The van der Waals surface area contributed by atoms with E-state index in [1.165, 1.54) is 25.4 Å². The van der Waals surface area contributed by atoms with Crippen LogP contribution in [-0.2, 0) is 0 Å². The molecule has 1 aliphatic rings. The summed E-state index contributed by atoms with van der Waals surface area (Å²) < 4.78 is 0. The molecule has 0 nitrogen and oxygen atoms in total. The van der Waals surface area contributed by atoms with Crippen LogP contribution in [0.25, 0.3) is 0 Å². The maximum Gasteiger partial charge on any atom is -0.00655 e. The standard InChI is InChI=1S/C8H16ClP/c1-7(2)5-6-10(9)8-3-4-8/h7-8H,3-6H2,1-2H3. The summed E-state index contributed by atoms with van der Waals surface area (Å²) in [6.07, 6.45) is 5.44. The lowest BCUT2D eigenvalue weighted by atomic mass is 10.2. The fourth-order valence-electron chi connectivity index (χ4n) is 0.919. The topological polar surface area (TPSA) is 0 Å². The molecule has 0 aromatic heterocycles. The molecule has 0 radical (unpaired) electrons. The molecule has 0 aromatic carbocycles. The van der Waals surface area contributed by atoms with E-state index in [-0.39, 0.29) is 7.27 Å². The maximum atomic E-state index is 6.19. The molecule has 1 atom stereocenters. The molecule has 1 rings (SSSR count). The van der Waals surface area contributed by atoms with Gasteiger partial charge < -0.3 is 0 Å². The van der Waals surface area contributed by atoms with E-state index in [4.69, 9.17) is 11.2 Å². The van der Waals surface area contributed by atoms with E-state index in [9.17, 15) is 0 Å². The largest absolute Gasteiger partial charge is 0.0961 e. The molecule has 1 fully saturated rings. The minimum absolute atomic E-state index is 0.0887. The molecule has 0 aromatic rings. The number of hydrogen-bond acceptors (Lipinski definition) is 0. The van der Waals surface area contributed by atoms with Crippen molar-refractivity contribution in [2.45, 2.75) is 38.8 Å². The van der Waals surface area contributed by atoms with Gasteiger partial charge in [0.1, 0.15) is 0 Å². The molecule has 60 valence electrons. The van der Waals surface area contributed by atoms with Gasteiger partial charge in [-0.3, -0.25) is 0 Å². The van der Waals surface area contributed by atoms with Crippen molar-refractivity contribution in [2.75, 3.05) is 6.16 Å². The van der Waals surface area contributed by atoms with Crippen molar-refractivity contribution in [2.24, 2.45) is 5.92 Å². The summed E-state index contributed by atoms with van der Waals surface area (Å²) in [6.45, 7) is 4.54. The second kappa shape index (κ2) is 3.93. The Labute approximate surface area is 69.9 Å². The fourth-order valence-corrected chi connectivity index (χ4v) is 3.63. The predicted molar refractivity (Wildman–Crippen MR) is 50.1 cm³/mol. The molecule has 1 saturated carbocycles. The van der Waals surface area contributed by atoms with Crippen molar-refractivity contribution in [3.8, 4) is 0 Å². The smallest absolute Gasteiger partial charge is 0.00655 e. The summed E-state index contributed by atoms with van der Waals surface area (Å²) in [5.74, 6) is 0.836. The van der Waals surface area contributed by atoms with E-state index in [0.717, 1.165) is 11.6 Å². The molecule has 0 amide bonds. The summed E-state index contributed by atoms with van der Waals surface area (Å²) >= 11 is 6.19. The van der Waals surface area contributed by atoms with Gasteiger partial charge in [-0.15, -0.1) is 0 Å². The number of halogens is 1. The molecular formula is C8H16ClP. The molecule has 10 heavy (non-hydrogen) atoms. The average Bonchev–Trinajstić information content (AvgIpc) is 2.63. The van der Waals surface area contributed by atoms with E-state index >= 15 is 0 Å². The third-order valence-corrected chi connectivity index (χ3v) is 5.19. The molecule has 0 aliphatic heterocycles. The first-order valence-corrected chi connectivity index (χ1v) is 6.62. The molecule has 0 heterocycles. The Hall–Kier alpha value is 0.720. The van der Waals surface area contributed by atoms with E-state index in [1.54, 1.807) is 0 Å². The molecule has 2 heteroatoms. The van der Waals surface area contributed by atoms with Crippen LogP contribution in [0.15, 0.2) is 0 Å². The lowest BCUT2D eigenvalue weighted by molar-refractivity contribution is 0.630. The second-order valence-corrected chi connectivity index (χ2v) is 6.82. The highest BCUT2D eigenvalue weighted by molar-refractivity contribution is 7.84. The lowest BCUT2D eigenvalue weighted by Crippen LogP contribution is -1.91. The van der Waals surface area contributed by atoms with Crippen LogP contribution in [0.4, 0.5) is 0 Å². The molecule has 1 unspecified atom stereocenters. The van der Waals surface area contributed by atoms with Gasteiger partial charge in [0.05, 0.1) is 0 Å². The highest BCUT2D eigenvalue weighted by Crippen LogP contribution is 2.57. The highest BCUT2D eigenvalue weighted by Gasteiger charge is 2.29. The molecule has 0 bridgehead atoms. The lowest BCUT2D eigenvalue weighted by Gasteiger charge is -2.08. The third kappa shape index (κ3) is 3.21. The van der Waals surface area contributed by atoms with E-state index in [1.807, 2.05) is 0 Å². The summed E-state index contributed by atoms with van der Waals surface area (Å²) in [4.78, 5) is 0. The van der Waals surface area contributed by atoms with Crippen molar-refractivity contribution in [3.05, 3.63) is 0 Å². The van der Waals surface area contributed by atoms with Gasteiger partial charge in [-0.25, -0.2) is 0 Å². The Morgan fingerprint density at radius 2 is 2.10 bits per heavy atom. The maximum absolute atomic E-state index is 6.19. The third-order valence-electron chi connectivity index (χ3n) is 1.86. The average molecular weight is 179 g/mol. The van der Waals surface area contributed by atoms with E-state index < -0.39 is 0 Å². The molecule has 0 spiro atoms. The first-order valence-electron chi connectivity index (χ1n) is 4.12. The van der Waals surface area contributed by atoms with Crippen LogP contribution < -0.4 is 0 Å². The number of hydrogen-bond donors (Lipinski definition) is 0. The van der Waals surface area contributed by atoms with Crippen LogP contribution in [0.5, 0.6) is 0 Å². The molecular weight excluding hydrogens is 163 g/mol. The van der Waals surface area contributed by atoms with Crippen LogP contribution in [0.3, 0.4) is 0 Å². The zero-order valence-corrected chi connectivity index (χ0v) is 8.46. The number of rotatable bonds is 4. The summed E-state index contributed by atoms with van der Waals surface area (Å²) in [7, 11) is -0.0887. The van der Waals surface area contributed by atoms with Crippen LogP contribution in [-0.4, -0.2) is 11.8 Å². The van der Waals surface area contributed by atoms with Gasteiger partial charge in [0.2, 0.25) is 0 Å². The van der Waals surface area contributed by atoms with E-state index in [2.05, 4.69) is 13.8 Å². The van der Waals surface area contributed by atoms with Crippen LogP contribution >= 0.6 is 18.5 Å². The van der Waals surface area contributed by atoms with Gasteiger partial charge in [-0.05, 0) is 44.3 Å². The summed E-state index contributed by atoms with van der Waals surface area (Å²) in [5, 5.41) is 0. The Morgan fingerprint density at radius 3 is 2.50 bits per heavy atom. The highest BCUT2D eigenvalue weighted by atomic mass is 35.7. The molecule has 0 N–H and O–H groups in total. The van der Waals surface area contributed by atoms with Crippen molar-refractivity contribution in [3.63, 3.8) is 0 Å². The van der Waals surface area contributed by atoms with Crippen molar-refractivity contribution in [1.82, 2.24) is 0 Å². The Kier molecular flexibility index (Phi) is 3.46. The Balaban J connectivity index is 2.00. The van der Waals surface area contributed by atoms with Crippen molar-refractivity contribution < 1.29 is 0 Å². The van der Waals surface area contributed by atoms with Crippen molar-refractivity contribution >= 4 is 18.5 Å². The van der Waals surface area contributed by atoms with Gasteiger partial charge in [-0.1, -0.05) is 25.1 Å². The van der Waals surface area contributed by atoms with Gasteiger partial charge >= 0.3 is 0 Å². The SMILES string of the molecule is CC(C)CCP(Cl)C1CC1. The summed E-state index contributed by atoms with van der Waals surface area (Å²) in [5.41, 5.74) is 0.940. The monoisotopic (exact) mass is 178 g/mol. The van der Waals surface area contributed by atoms with Crippen molar-refractivity contribution in [1.29, 1.82) is 0 Å². The van der Waals surface area contributed by atoms with Gasteiger partial charge in [0.15, 0.2) is 0 Å². The van der Waals surface area contributed by atoms with Gasteiger partial charge in [-0.2, -0.15) is 0 Å². The Bertz CT molecular complexity index is 99.4. The zero-order chi connectivity index (χ0) is 7.56. The fraction of sp³-hybridized carbons (Fsp3) is 1.00. The quantitative estimate of drug-likeness (QED) is 0.574. The molecule has 1 aliphatic carbocycles. The normalized spacial score (nSPS) is 21.6. The van der Waals surface area contributed by atoms with E-state index in [0.29, 0.717) is 0 Å². The summed E-state index contributed by atoms with van der Waals surface area (Å²) in [6, 6.07) is 0. The Morgan fingerprint density at radius 1 is 1.50 bits per heavy atom. The van der Waals surface area contributed by atoms with Crippen LogP contribution in [0.1, 0.15) is 33.1 Å². The predicted octanol–water partition coefficient (Wildman–Crippen LogP) is 3.83. The van der Waals surface area contributed by atoms with Crippen LogP contribution in [0, 0.1) is 5.92 Å². The second-order valence-electron chi connectivity index (χ2n) is 3.54. The minimum atomic E-state index is -0.0887. The van der Waals surface area contributed by atoms with Gasteiger partial charge in [0.25, 0.3) is 0 Å². The first-order chi connectivity index (χ1) is 4.70. The molecule has 0 saturated heterocycles. The van der Waals surface area contributed by atoms with Gasteiger partial charge in [0, 0.05) is 0 Å².